The summed E-state index contributed by atoms with van der Waals surface area (Å²) in [5.41, 5.74) is 2.85. The molecule has 0 radical (unpaired) electrons. The zero-order chi connectivity index (χ0) is 15.4. The van der Waals surface area contributed by atoms with Crippen molar-refractivity contribution in [3.63, 3.8) is 0 Å². The second kappa shape index (κ2) is 6.47. The zero-order valence-electron chi connectivity index (χ0n) is 10.5. The topological polar surface area (TPSA) is 81.9 Å². The molecule has 108 valence electrons. The van der Waals surface area contributed by atoms with Crippen LogP contribution in [0.15, 0.2) is 41.5 Å². The number of carbonyl (C=O) groups excluding carboxylic acids is 1. The van der Waals surface area contributed by atoms with Crippen LogP contribution < -0.4 is 5.43 Å². The molecular formula is C14H10Cl2N2O3. The van der Waals surface area contributed by atoms with Crippen molar-refractivity contribution in [2.24, 2.45) is 5.10 Å². The molecular weight excluding hydrogens is 315 g/mol. The number of rotatable bonds is 3. The number of nitrogens with zero attached hydrogens (tertiary/aromatic N) is 1. The Labute approximate surface area is 130 Å². The monoisotopic (exact) mass is 324 g/mol. The van der Waals surface area contributed by atoms with Crippen LogP contribution in [0.3, 0.4) is 0 Å². The third-order valence-corrected chi connectivity index (χ3v) is 3.11. The molecule has 0 aliphatic rings. The van der Waals surface area contributed by atoms with E-state index in [1.165, 1.54) is 42.6 Å². The summed E-state index contributed by atoms with van der Waals surface area (Å²) in [6, 6.07) is 8.48. The fourth-order valence-electron chi connectivity index (χ4n) is 1.54. The van der Waals surface area contributed by atoms with Gasteiger partial charge < -0.3 is 10.2 Å². The van der Waals surface area contributed by atoms with E-state index in [1.54, 1.807) is 0 Å². The number of benzene rings is 2. The van der Waals surface area contributed by atoms with Crippen LogP contribution in [0, 0.1) is 0 Å². The summed E-state index contributed by atoms with van der Waals surface area (Å²) in [6.07, 6.45) is 1.25. The van der Waals surface area contributed by atoms with Gasteiger partial charge in [-0.05, 0) is 30.3 Å². The van der Waals surface area contributed by atoms with Crippen LogP contribution in [0.4, 0.5) is 0 Å². The fourth-order valence-corrected chi connectivity index (χ4v) is 2.03. The molecule has 2 aromatic rings. The van der Waals surface area contributed by atoms with Crippen molar-refractivity contribution < 1.29 is 15.0 Å². The van der Waals surface area contributed by atoms with E-state index in [-0.39, 0.29) is 22.1 Å². The van der Waals surface area contributed by atoms with E-state index in [0.717, 1.165) is 0 Å². The molecule has 0 fully saturated rings. The minimum Gasteiger partial charge on any atom is -0.508 e. The molecule has 2 aromatic carbocycles. The van der Waals surface area contributed by atoms with Gasteiger partial charge in [-0.15, -0.1) is 0 Å². The summed E-state index contributed by atoms with van der Waals surface area (Å²) < 4.78 is 0. The Morgan fingerprint density at radius 2 is 1.90 bits per heavy atom. The standard InChI is InChI=1S/C14H10Cl2N2O3/c15-9-2-4-11(12(16)5-9)14(21)18-17-7-8-1-3-10(19)6-13(8)20/h1-7,19-20H,(H,18,21)/b17-7-. The summed E-state index contributed by atoms with van der Waals surface area (Å²) in [5.74, 6) is -0.731. The van der Waals surface area contributed by atoms with Crippen LogP contribution in [0.2, 0.25) is 10.0 Å². The molecule has 0 bridgehead atoms. The first-order chi connectivity index (χ1) is 9.97. The summed E-state index contributed by atoms with van der Waals surface area (Å²) in [4.78, 5) is 11.9. The Morgan fingerprint density at radius 3 is 2.57 bits per heavy atom. The molecule has 3 N–H and O–H groups in total. The summed E-state index contributed by atoms with van der Waals surface area (Å²) >= 11 is 11.6. The summed E-state index contributed by atoms with van der Waals surface area (Å²) in [7, 11) is 0. The first kappa shape index (κ1) is 15.2. The van der Waals surface area contributed by atoms with E-state index in [4.69, 9.17) is 28.3 Å². The van der Waals surface area contributed by atoms with Crippen LogP contribution in [0.1, 0.15) is 15.9 Å². The van der Waals surface area contributed by atoms with E-state index in [1.807, 2.05) is 0 Å². The van der Waals surface area contributed by atoms with Crippen molar-refractivity contribution in [2.45, 2.75) is 0 Å². The van der Waals surface area contributed by atoms with E-state index in [0.29, 0.717) is 10.6 Å². The minimum absolute atomic E-state index is 0.0679. The number of hydrogen-bond acceptors (Lipinski definition) is 4. The fraction of sp³-hybridized carbons (Fsp3) is 0. The number of phenols is 2. The van der Waals surface area contributed by atoms with Crippen LogP contribution in [0.5, 0.6) is 11.5 Å². The van der Waals surface area contributed by atoms with Gasteiger partial charge in [0, 0.05) is 16.7 Å². The van der Waals surface area contributed by atoms with Crippen LogP contribution >= 0.6 is 23.2 Å². The molecule has 0 saturated carbocycles. The highest BCUT2D eigenvalue weighted by Gasteiger charge is 2.09. The average Bonchev–Trinajstić information content (AvgIpc) is 2.41. The quantitative estimate of drug-likeness (QED) is 0.599. The maximum Gasteiger partial charge on any atom is 0.272 e. The second-order valence-corrected chi connectivity index (χ2v) is 4.91. The van der Waals surface area contributed by atoms with Crippen LogP contribution in [-0.2, 0) is 0 Å². The number of nitrogens with one attached hydrogen (secondary N) is 1. The number of amides is 1. The van der Waals surface area contributed by atoms with Crippen molar-refractivity contribution in [3.05, 3.63) is 57.6 Å². The SMILES string of the molecule is O=C(N/N=C\c1ccc(O)cc1O)c1ccc(Cl)cc1Cl. The lowest BCUT2D eigenvalue weighted by atomic mass is 10.2. The zero-order valence-corrected chi connectivity index (χ0v) is 12.1. The van der Waals surface area contributed by atoms with Crippen LogP contribution in [-0.4, -0.2) is 22.3 Å². The predicted molar refractivity (Wildman–Crippen MR) is 81.3 cm³/mol. The molecule has 0 atom stereocenters. The van der Waals surface area contributed by atoms with Crippen molar-refractivity contribution in [1.29, 1.82) is 0 Å². The Bertz CT molecular complexity index is 717. The Balaban J connectivity index is 2.08. The number of halogens is 2. The van der Waals surface area contributed by atoms with Crippen molar-refractivity contribution in [1.82, 2.24) is 5.43 Å². The highest BCUT2D eigenvalue weighted by molar-refractivity contribution is 6.36. The predicted octanol–water partition coefficient (Wildman–Crippen LogP) is 3.17. The van der Waals surface area contributed by atoms with Crippen molar-refractivity contribution >= 4 is 35.3 Å². The second-order valence-electron chi connectivity index (χ2n) is 4.07. The first-order valence-corrected chi connectivity index (χ1v) is 6.53. The van der Waals surface area contributed by atoms with E-state index >= 15 is 0 Å². The van der Waals surface area contributed by atoms with E-state index in [2.05, 4.69) is 10.5 Å². The van der Waals surface area contributed by atoms with Gasteiger partial charge in [-0.2, -0.15) is 5.10 Å². The lowest BCUT2D eigenvalue weighted by Crippen LogP contribution is -2.18. The highest BCUT2D eigenvalue weighted by atomic mass is 35.5. The van der Waals surface area contributed by atoms with E-state index < -0.39 is 5.91 Å². The molecule has 5 nitrogen and oxygen atoms in total. The maximum atomic E-state index is 11.9. The number of carbonyl (C=O) groups is 1. The molecule has 0 spiro atoms. The van der Waals surface area contributed by atoms with Crippen LogP contribution in [0.25, 0.3) is 0 Å². The molecule has 0 unspecified atom stereocenters. The van der Waals surface area contributed by atoms with Gasteiger partial charge in [-0.25, -0.2) is 5.43 Å². The highest BCUT2D eigenvalue weighted by Crippen LogP contribution is 2.22. The van der Waals surface area contributed by atoms with Crippen molar-refractivity contribution in [2.75, 3.05) is 0 Å². The average molecular weight is 325 g/mol. The third-order valence-electron chi connectivity index (χ3n) is 2.56. The lowest BCUT2D eigenvalue weighted by molar-refractivity contribution is 0.0955. The number of phenolic OH excluding ortho intramolecular Hbond substituents is 2. The molecule has 0 saturated heterocycles. The van der Waals surface area contributed by atoms with Gasteiger partial charge in [-0.3, -0.25) is 4.79 Å². The molecule has 0 aliphatic carbocycles. The lowest BCUT2D eigenvalue weighted by Gasteiger charge is -2.03. The van der Waals surface area contributed by atoms with Gasteiger partial charge in [0.25, 0.3) is 5.91 Å². The van der Waals surface area contributed by atoms with Crippen molar-refractivity contribution in [3.8, 4) is 11.5 Å². The largest absolute Gasteiger partial charge is 0.508 e. The maximum absolute atomic E-state index is 11.9. The Kier molecular flexibility index (Phi) is 4.67. The van der Waals surface area contributed by atoms with Gasteiger partial charge in [0.1, 0.15) is 11.5 Å². The molecule has 0 aliphatic heterocycles. The first-order valence-electron chi connectivity index (χ1n) is 5.78. The number of hydrogen-bond donors (Lipinski definition) is 3. The Hall–Kier alpha value is -2.24. The van der Waals surface area contributed by atoms with E-state index in [9.17, 15) is 9.90 Å². The number of aromatic hydroxyl groups is 2. The normalized spacial score (nSPS) is 10.8. The Morgan fingerprint density at radius 1 is 1.14 bits per heavy atom. The number of hydrazone groups is 1. The third kappa shape index (κ3) is 3.87. The smallest absolute Gasteiger partial charge is 0.272 e. The van der Waals surface area contributed by atoms with Gasteiger partial charge in [0.05, 0.1) is 16.8 Å². The summed E-state index contributed by atoms with van der Waals surface area (Å²) in [6.45, 7) is 0. The molecule has 7 heteroatoms. The summed E-state index contributed by atoms with van der Waals surface area (Å²) in [5, 5.41) is 23.1. The molecule has 0 heterocycles. The molecule has 2 rings (SSSR count). The molecule has 21 heavy (non-hydrogen) atoms. The molecule has 0 aromatic heterocycles. The van der Waals surface area contributed by atoms with Gasteiger partial charge in [-0.1, -0.05) is 23.2 Å². The minimum atomic E-state index is -0.508. The molecule has 1 amide bonds. The van der Waals surface area contributed by atoms with Gasteiger partial charge >= 0.3 is 0 Å². The van der Waals surface area contributed by atoms with Gasteiger partial charge in [0.2, 0.25) is 0 Å². The van der Waals surface area contributed by atoms with Gasteiger partial charge in [0.15, 0.2) is 0 Å².